The van der Waals surface area contributed by atoms with E-state index in [0.717, 1.165) is 4.90 Å². The summed E-state index contributed by atoms with van der Waals surface area (Å²) in [4.78, 5) is 43.2. The van der Waals surface area contributed by atoms with Gasteiger partial charge in [0, 0.05) is 13.5 Å². The number of hydrogen-bond acceptors (Lipinski definition) is 6. The number of benzene rings is 1. The number of ketones is 2. The minimum atomic E-state index is -1.22. The standard InChI is InChI=1S/C10H10O3.C6H9NO5.ClH/c1-8(11)10(12)7-13-9-5-3-2-4-6-9;8-5(9)4-3-12-2-1-7(4)6(10)11;/h2-6H,7H2,1H3;4H,1-3H2,(H,8,9)(H,10,11);1H. The van der Waals surface area contributed by atoms with Crippen LogP contribution in [0.5, 0.6) is 5.75 Å². The molecule has 26 heavy (non-hydrogen) atoms. The van der Waals surface area contributed by atoms with Crippen molar-refractivity contribution >= 4 is 36.0 Å². The molecule has 10 heteroatoms. The quantitative estimate of drug-likeness (QED) is 0.715. The van der Waals surface area contributed by atoms with Crippen molar-refractivity contribution < 1.29 is 38.9 Å². The van der Waals surface area contributed by atoms with Gasteiger partial charge in [-0.1, -0.05) is 18.2 Å². The number of hydrogen-bond donors (Lipinski definition) is 2. The normalized spacial score (nSPS) is 15.6. The van der Waals surface area contributed by atoms with Gasteiger partial charge in [0.2, 0.25) is 5.78 Å². The number of Topliss-reactive ketones (excluding diaryl/α,β-unsaturated/α-hetero) is 2. The number of amides is 1. The third-order valence-corrected chi connectivity index (χ3v) is 3.17. The Morgan fingerprint density at radius 3 is 2.27 bits per heavy atom. The lowest BCUT2D eigenvalue weighted by Gasteiger charge is -2.30. The smallest absolute Gasteiger partial charge is 0.408 e. The molecule has 1 atom stereocenters. The van der Waals surface area contributed by atoms with Gasteiger partial charge in [-0.25, -0.2) is 9.59 Å². The number of ether oxygens (including phenoxy) is 2. The molecule has 1 aliphatic heterocycles. The fraction of sp³-hybridized carbons (Fsp3) is 0.375. The summed E-state index contributed by atoms with van der Waals surface area (Å²) in [5.74, 6) is -1.56. The summed E-state index contributed by atoms with van der Waals surface area (Å²) < 4.78 is 9.90. The van der Waals surface area contributed by atoms with Crippen LogP contribution in [0.3, 0.4) is 0 Å². The molecule has 0 spiro atoms. The van der Waals surface area contributed by atoms with Crippen LogP contribution in [0.2, 0.25) is 0 Å². The zero-order valence-corrected chi connectivity index (χ0v) is 14.8. The lowest BCUT2D eigenvalue weighted by atomic mass is 10.2. The van der Waals surface area contributed by atoms with Crippen LogP contribution in [0.4, 0.5) is 4.79 Å². The van der Waals surface area contributed by atoms with Gasteiger partial charge in [-0.2, -0.15) is 0 Å². The summed E-state index contributed by atoms with van der Waals surface area (Å²) in [5.41, 5.74) is 0. The molecular formula is C16H20ClNO8. The average molecular weight is 390 g/mol. The molecular weight excluding hydrogens is 370 g/mol. The molecule has 1 amide bonds. The van der Waals surface area contributed by atoms with E-state index >= 15 is 0 Å². The van der Waals surface area contributed by atoms with Gasteiger partial charge in [0.1, 0.15) is 5.75 Å². The Labute approximate surface area is 155 Å². The topological polar surface area (TPSA) is 130 Å². The van der Waals surface area contributed by atoms with E-state index in [9.17, 15) is 19.2 Å². The molecule has 1 unspecified atom stereocenters. The zero-order chi connectivity index (χ0) is 18.8. The SMILES string of the molecule is CC(=O)C(=O)COc1ccccc1.Cl.O=C(O)C1COCCN1C(=O)O. The highest BCUT2D eigenvalue weighted by atomic mass is 35.5. The maximum atomic E-state index is 10.8. The largest absolute Gasteiger partial charge is 0.485 e. The summed E-state index contributed by atoms with van der Waals surface area (Å²) >= 11 is 0. The minimum Gasteiger partial charge on any atom is -0.485 e. The van der Waals surface area contributed by atoms with E-state index in [0.29, 0.717) is 5.75 Å². The molecule has 2 rings (SSSR count). The summed E-state index contributed by atoms with van der Waals surface area (Å²) in [6.07, 6.45) is -1.22. The molecule has 144 valence electrons. The van der Waals surface area contributed by atoms with E-state index in [2.05, 4.69) is 0 Å². The molecule has 2 N–H and O–H groups in total. The third-order valence-electron chi connectivity index (χ3n) is 3.17. The van der Waals surface area contributed by atoms with Crippen LogP contribution < -0.4 is 4.74 Å². The summed E-state index contributed by atoms with van der Waals surface area (Å²) in [6, 6.07) is 7.85. The van der Waals surface area contributed by atoms with Gasteiger partial charge in [-0.15, -0.1) is 12.4 Å². The van der Waals surface area contributed by atoms with Crippen LogP contribution in [-0.4, -0.2) is 71.1 Å². The molecule has 9 nitrogen and oxygen atoms in total. The van der Waals surface area contributed by atoms with Gasteiger partial charge in [0.15, 0.2) is 18.4 Å². The molecule has 1 aliphatic rings. The van der Waals surface area contributed by atoms with Gasteiger partial charge in [-0.05, 0) is 12.1 Å². The molecule has 1 aromatic rings. The van der Waals surface area contributed by atoms with Crippen LogP contribution in [0.1, 0.15) is 6.92 Å². The first-order valence-electron chi connectivity index (χ1n) is 7.34. The molecule has 1 aromatic carbocycles. The number of rotatable bonds is 5. The predicted molar refractivity (Wildman–Crippen MR) is 91.8 cm³/mol. The van der Waals surface area contributed by atoms with Gasteiger partial charge in [0.25, 0.3) is 0 Å². The number of halogens is 1. The minimum absolute atomic E-state index is 0. The number of morpholine rings is 1. The Bertz CT molecular complexity index is 600. The number of carbonyl (C=O) groups is 4. The molecule has 0 bridgehead atoms. The van der Waals surface area contributed by atoms with Crippen molar-refractivity contribution in [2.45, 2.75) is 13.0 Å². The molecule has 1 saturated heterocycles. The number of para-hydroxylation sites is 1. The Morgan fingerprint density at radius 1 is 1.19 bits per heavy atom. The Kier molecular flexibility index (Phi) is 10.6. The van der Waals surface area contributed by atoms with Crippen LogP contribution in [-0.2, 0) is 19.1 Å². The molecule has 0 aromatic heterocycles. The van der Waals surface area contributed by atoms with Gasteiger partial charge in [0.05, 0.1) is 13.2 Å². The van der Waals surface area contributed by atoms with Crippen molar-refractivity contribution in [2.24, 2.45) is 0 Å². The first-order valence-corrected chi connectivity index (χ1v) is 7.34. The van der Waals surface area contributed by atoms with Crippen LogP contribution in [0.15, 0.2) is 30.3 Å². The van der Waals surface area contributed by atoms with Crippen molar-refractivity contribution in [2.75, 3.05) is 26.4 Å². The van der Waals surface area contributed by atoms with Gasteiger partial charge in [-0.3, -0.25) is 14.5 Å². The van der Waals surface area contributed by atoms with Gasteiger partial charge < -0.3 is 19.7 Å². The van der Waals surface area contributed by atoms with Crippen molar-refractivity contribution in [3.05, 3.63) is 30.3 Å². The maximum Gasteiger partial charge on any atom is 0.408 e. The average Bonchev–Trinajstić information content (AvgIpc) is 2.60. The molecule has 0 aliphatic carbocycles. The highest BCUT2D eigenvalue weighted by Gasteiger charge is 2.32. The molecule has 0 saturated carbocycles. The number of aliphatic carboxylic acids is 1. The van der Waals surface area contributed by atoms with Crippen LogP contribution in [0.25, 0.3) is 0 Å². The van der Waals surface area contributed by atoms with E-state index in [1.807, 2.05) is 6.07 Å². The second-order valence-corrected chi connectivity index (χ2v) is 4.99. The first-order chi connectivity index (χ1) is 11.8. The van der Waals surface area contributed by atoms with Crippen molar-refractivity contribution in [3.8, 4) is 5.75 Å². The van der Waals surface area contributed by atoms with E-state index in [4.69, 9.17) is 19.7 Å². The number of carboxylic acids is 1. The highest BCUT2D eigenvalue weighted by molar-refractivity contribution is 6.36. The number of carboxylic acid groups (broad SMARTS) is 2. The predicted octanol–water partition coefficient (Wildman–Crippen LogP) is 1.10. The monoisotopic (exact) mass is 389 g/mol. The second kappa shape index (κ2) is 11.8. The summed E-state index contributed by atoms with van der Waals surface area (Å²) in [5, 5.41) is 17.1. The lowest BCUT2D eigenvalue weighted by Crippen LogP contribution is -2.52. The van der Waals surface area contributed by atoms with Crippen LogP contribution >= 0.6 is 12.4 Å². The third kappa shape index (κ3) is 7.95. The Balaban J connectivity index is 0.000000464. The van der Waals surface area contributed by atoms with E-state index in [-0.39, 0.29) is 38.8 Å². The van der Waals surface area contributed by atoms with E-state index < -0.39 is 29.7 Å². The molecule has 1 heterocycles. The Hall–Kier alpha value is -2.65. The van der Waals surface area contributed by atoms with E-state index in [1.54, 1.807) is 24.3 Å². The summed E-state index contributed by atoms with van der Waals surface area (Å²) in [6.45, 7) is 1.36. The second-order valence-electron chi connectivity index (χ2n) is 4.99. The van der Waals surface area contributed by atoms with Crippen molar-refractivity contribution in [3.63, 3.8) is 0 Å². The fourth-order valence-corrected chi connectivity index (χ4v) is 1.80. The van der Waals surface area contributed by atoms with Crippen molar-refractivity contribution in [1.82, 2.24) is 4.90 Å². The Morgan fingerprint density at radius 2 is 1.81 bits per heavy atom. The zero-order valence-electron chi connectivity index (χ0n) is 14.0. The maximum absolute atomic E-state index is 10.8. The summed E-state index contributed by atoms with van der Waals surface area (Å²) in [7, 11) is 0. The van der Waals surface area contributed by atoms with Crippen LogP contribution in [0, 0.1) is 0 Å². The number of carbonyl (C=O) groups excluding carboxylic acids is 2. The molecule has 1 fully saturated rings. The first kappa shape index (κ1) is 23.4. The number of nitrogens with zero attached hydrogens (tertiary/aromatic N) is 1. The fourth-order valence-electron chi connectivity index (χ4n) is 1.80. The lowest BCUT2D eigenvalue weighted by molar-refractivity contribution is -0.148. The molecule has 0 radical (unpaired) electrons. The van der Waals surface area contributed by atoms with E-state index in [1.165, 1.54) is 6.92 Å². The highest BCUT2D eigenvalue weighted by Crippen LogP contribution is 2.08. The van der Waals surface area contributed by atoms with Crippen molar-refractivity contribution in [1.29, 1.82) is 0 Å². The van der Waals surface area contributed by atoms with Gasteiger partial charge >= 0.3 is 12.1 Å².